The van der Waals surface area contributed by atoms with E-state index in [0.29, 0.717) is 17.0 Å². The third-order valence-electron chi connectivity index (χ3n) is 3.01. The van der Waals surface area contributed by atoms with Crippen molar-refractivity contribution in [2.75, 3.05) is 0 Å². The maximum Gasteiger partial charge on any atom is 0.416 e. The van der Waals surface area contributed by atoms with Crippen LogP contribution in [0.5, 0.6) is 0 Å². The maximum atomic E-state index is 12.6. The number of halogens is 4. The molecule has 1 unspecified atom stereocenters. The fourth-order valence-electron chi connectivity index (χ4n) is 2.01. The minimum absolute atomic E-state index is 0.299. The van der Waals surface area contributed by atoms with Gasteiger partial charge in [-0.2, -0.15) is 13.2 Å². The topological polar surface area (TPSA) is 26.0 Å². The molecule has 0 bridgehead atoms. The van der Waals surface area contributed by atoms with Crippen LogP contribution in [-0.2, 0) is 12.6 Å². The predicted molar refractivity (Wildman–Crippen MR) is 73.5 cm³/mol. The van der Waals surface area contributed by atoms with Crippen molar-refractivity contribution in [1.29, 1.82) is 0 Å². The Morgan fingerprint density at radius 3 is 2.40 bits per heavy atom. The van der Waals surface area contributed by atoms with E-state index in [1.807, 2.05) is 0 Å². The summed E-state index contributed by atoms with van der Waals surface area (Å²) in [5.74, 6) is 0. The van der Waals surface area contributed by atoms with Crippen LogP contribution in [0.25, 0.3) is 0 Å². The first-order valence-corrected chi connectivity index (χ1v) is 6.42. The van der Waals surface area contributed by atoms with Gasteiger partial charge in [-0.15, -0.1) is 0 Å². The van der Waals surface area contributed by atoms with Gasteiger partial charge in [-0.1, -0.05) is 48.0 Å². The van der Waals surface area contributed by atoms with Crippen LogP contribution in [-0.4, -0.2) is 0 Å². The van der Waals surface area contributed by atoms with Gasteiger partial charge in [0.05, 0.1) is 5.56 Å². The lowest BCUT2D eigenvalue weighted by atomic mass is 9.98. The molecular formula is C15H13ClF3N. The molecule has 0 spiro atoms. The molecule has 106 valence electrons. The smallest absolute Gasteiger partial charge is 0.324 e. The van der Waals surface area contributed by atoms with Gasteiger partial charge in [-0.25, -0.2) is 0 Å². The summed E-state index contributed by atoms with van der Waals surface area (Å²) in [5.41, 5.74) is 6.62. The second-order valence-corrected chi connectivity index (χ2v) is 4.94. The van der Waals surface area contributed by atoms with Crippen molar-refractivity contribution >= 4 is 11.6 Å². The molecule has 0 saturated carbocycles. The second-order valence-electron chi connectivity index (χ2n) is 4.53. The number of hydrogen-bond donors (Lipinski definition) is 1. The lowest BCUT2D eigenvalue weighted by molar-refractivity contribution is -0.137. The van der Waals surface area contributed by atoms with Crippen LogP contribution in [0.15, 0.2) is 48.5 Å². The van der Waals surface area contributed by atoms with Crippen LogP contribution in [0, 0.1) is 0 Å². The Bertz CT molecular complexity index is 596. The molecule has 1 nitrogen and oxygen atoms in total. The van der Waals surface area contributed by atoms with Crippen molar-refractivity contribution in [3.8, 4) is 0 Å². The van der Waals surface area contributed by atoms with E-state index in [9.17, 15) is 13.2 Å². The van der Waals surface area contributed by atoms with Gasteiger partial charge in [0.2, 0.25) is 0 Å². The molecule has 2 aromatic carbocycles. The molecule has 0 saturated heterocycles. The minimum Gasteiger partial charge on any atom is -0.324 e. The second kappa shape index (κ2) is 5.85. The first kappa shape index (κ1) is 14.9. The van der Waals surface area contributed by atoms with Crippen molar-refractivity contribution in [2.24, 2.45) is 5.73 Å². The molecule has 0 fully saturated rings. The molecule has 0 heterocycles. The molecule has 0 aliphatic rings. The van der Waals surface area contributed by atoms with E-state index in [4.69, 9.17) is 17.3 Å². The van der Waals surface area contributed by atoms with Gasteiger partial charge in [-0.3, -0.25) is 0 Å². The lowest BCUT2D eigenvalue weighted by Gasteiger charge is -2.15. The third kappa shape index (κ3) is 3.52. The number of rotatable bonds is 3. The summed E-state index contributed by atoms with van der Waals surface area (Å²) in [5, 5.41) is 0.520. The molecule has 1 atom stereocenters. The summed E-state index contributed by atoms with van der Waals surface area (Å²) in [4.78, 5) is 0. The Morgan fingerprint density at radius 2 is 1.75 bits per heavy atom. The third-order valence-corrected chi connectivity index (χ3v) is 3.36. The Labute approximate surface area is 120 Å². The average molecular weight is 300 g/mol. The normalized spacial score (nSPS) is 13.2. The summed E-state index contributed by atoms with van der Waals surface area (Å²) in [7, 11) is 0. The van der Waals surface area contributed by atoms with Crippen LogP contribution in [0.1, 0.15) is 22.7 Å². The Kier molecular flexibility index (Phi) is 4.35. The molecule has 20 heavy (non-hydrogen) atoms. The van der Waals surface area contributed by atoms with Gasteiger partial charge in [0.1, 0.15) is 0 Å². The molecule has 2 rings (SSSR count). The van der Waals surface area contributed by atoms with Crippen molar-refractivity contribution in [2.45, 2.75) is 18.6 Å². The number of hydrogen-bond acceptors (Lipinski definition) is 1. The van der Waals surface area contributed by atoms with E-state index < -0.39 is 17.8 Å². The summed E-state index contributed by atoms with van der Waals surface area (Å²) in [6.45, 7) is 0. The van der Waals surface area contributed by atoms with Gasteiger partial charge in [0.25, 0.3) is 0 Å². The maximum absolute atomic E-state index is 12.6. The highest BCUT2D eigenvalue weighted by molar-refractivity contribution is 6.31. The number of alkyl halides is 3. The van der Waals surface area contributed by atoms with Crippen molar-refractivity contribution in [1.82, 2.24) is 0 Å². The van der Waals surface area contributed by atoms with E-state index in [2.05, 4.69) is 0 Å². The zero-order chi connectivity index (χ0) is 14.8. The van der Waals surface area contributed by atoms with Crippen LogP contribution in [0.2, 0.25) is 5.02 Å². The Hall–Kier alpha value is -1.52. The van der Waals surface area contributed by atoms with E-state index in [1.54, 1.807) is 30.3 Å². The van der Waals surface area contributed by atoms with Crippen LogP contribution >= 0.6 is 11.6 Å². The SMILES string of the molecule is NC(Cc1cccc(C(F)(F)F)c1)c1ccccc1Cl. The first-order valence-electron chi connectivity index (χ1n) is 6.04. The molecule has 0 amide bonds. The van der Waals surface area contributed by atoms with Crippen molar-refractivity contribution < 1.29 is 13.2 Å². The Morgan fingerprint density at radius 1 is 1.05 bits per heavy atom. The van der Waals surface area contributed by atoms with E-state index in [0.717, 1.165) is 17.7 Å². The molecule has 2 aromatic rings. The van der Waals surface area contributed by atoms with Gasteiger partial charge < -0.3 is 5.73 Å². The van der Waals surface area contributed by atoms with Crippen LogP contribution in [0.4, 0.5) is 13.2 Å². The molecule has 0 aliphatic heterocycles. The average Bonchev–Trinajstić information content (AvgIpc) is 2.38. The van der Waals surface area contributed by atoms with Crippen molar-refractivity contribution in [3.63, 3.8) is 0 Å². The summed E-state index contributed by atoms with van der Waals surface area (Å²) in [6.07, 6.45) is -4.04. The molecule has 0 aliphatic carbocycles. The van der Waals surface area contributed by atoms with E-state index in [1.165, 1.54) is 6.07 Å². The van der Waals surface area contributed by atoms with Gasteiger partial charge in [-0.05, 0) is 29.7 Å². The molecule has 0 aromatic heterocycles. The van der Waals surface area contributed by atoms with Gasteiger partial charge in [0, 0.05) is 11.1 Å². The minimum atomic E-state index is -4.34. The van der Waals surface area contributed by atoms with Gasteiger partial charge in [0.15, 0.2) is 0 Å². The molecule has 5 heteroatoms. The van der Waals surface area contributed by atoms with Gasteiger partial charge >= 0.3 is 6.18 Å². The lowest BCUT2D eigenvalue weighted by Crippen LogP contribution is -2.14. The van der Waals surface area contributed by atoms with Crippen LogP contribution < -0.4 is 5.73 Å². The first-order chi connectivity index (χ1) is 9.38. The standard InChI is InChI=1S/C15H13ClF3N/c16-13-7-2-1-6-12(13)14(20)9-10-4-3-5-11(8-10)15(17,18)19/h1-8,14H,9,20H2. The monoisotopic (exact) mass is 299 g/mol. The molecule has 0 radical (unpaired) electrons. The summed E-state index contributed by atoms with van der Waals surface area (Å²) >= 11 is 6.03. The van der Waals surface area contributed by atoms with E-state index in [-0.39, 0.29) is 0 Å². The predicted octanol–water partition coefficient (Wildman–Crippen LogP) is 4.60. The summed E-state index contributed by atoms with van der Waals surface area (Å²) in [6, 6.07) is 11.8. The van der Waals surface area contributed by atoms with E-state index >= 15 is 0 Å². The zero-order valence-electron chi connectivity index (χ0n) is 10.5. The summed E-state index contributed by atoms with van der Waals surface area (Å²) < 4.78 is 37.9. The highest BCUT2D eigenvalue weighted by Gasteiger charge is 2.30. The number of nitrogens with two attached hydrogens (primary N) is 1. The quantitative estimate of drug-likeness (QED) is 0.880. The largest absolute Gasteiger partial charge is 0.416 e. The van der Waals surface area contributed by atoms with Crippen molar-refractivity contribution in [3.05, 3.63) is 70.2 Å². The molecular weight excluding hydrogens is 287 g/mol. The fraction of sp³-hybridized carbons (Fsp3) is 0.200. The molecule has 2 N–H and O–H groups in total. The highest BCUT2D eigenvalue weighted by atomic mass is 35.5. The zero-order valence-corrected chi connectivity index (χ0v) is 11.2. The Balaban J connectivity index is 2.20. The fourth-order valence-corrected chi connectivity index (χ4v) is 2.29. The highest BCUT2D eigenvalue weighted by Crippen LogP contribution is 2.31. The number of benzene rings is 2. The van der Waals surface area contributed by atoms with Crippen LogP contribution in [0.3, 0.4) is 0 Å².